The maximum absolute atomic E-state index is 5.38. The van der Waals surface area contributed by atoms with E-state index in [-0.39, 0.29) is 6.04 Å². The van der Waals surface area contributed by atoms with E-state index in [1.54, 1.807) is 6.26 Å². The number of halogens is 1. The summed E-state index contributed by atoms with van der Waals surface area (Å²) in [5, 5.41) is 3.40. The first-order chi connectivity index (χ1) is 9.21. The van der Waals surface area contributed by atoms with Gasteiger partial charge in [0, 0.05) is 5.56 Å². The van der Waals surface area contributed by atoms with Gasteiger partial charge in [0.1, 0.15) is 0 Å². The second-order valence-electron chi connectivity index (χ2n) is 4.61. The molecule has 1 unspecified atom stereocenters. The Balaban J connectivity index is 2.51. The Labute approximate surface area is 123 Å². The summed E-state index contributed by atoms with van der Waals surface area (Å²) < 4.78 is 6.18. The van der Waals surface area contributed by atoms with Crippen LogP contribution < -0.4 is 5.32 Å². The fourth-order valence-electron chi connectivity index (χ4n) is 2.44. The van der Waals surface area contributed by atoms with Crippen molar-refractivity contribution in [3.63, 3.8) is 0 Å². The lowest BCUT2D eigenvalue weighted by atomic mass is 9.92. The summed E-state index contributed by atoms with van der Waals surface area (Å²) in [6, 6.07) is 8.95. The second-order valence-corrected chi connectivity index (χ2v) is 5.33. The zero-order chi connectivity index (χ0) is 13.8. The third-order valence-corrected chi connectivity index (χ3v) is 4.20. The summed E-state index contributed by atoms with van der Waals surface area (Å²) >= 11 is 3.48. The topological polar surface area (TPSA) is 25.2 Å². The monoisotopic (exact) mass is 321 g/mol. The zero-order valence-electron chi connectivity index (χ0n) is 11.7. The fraction of sp³-hybridized carbons (Fsp3) is 0.375. The van der Waals surface area contributed by atoms with E-state index in [0.717, 1.165) is 23.1 Å². The number of benzene rings is 1. The molecule has 0 aliphatic rings. The van der Waals surface area contributed by atoms with E-state index < -0.39 is 0 Å². The molecule has 1 N–H and O–H groups in total. The third-order valence-electron chi connectivity index (χ3n) is 3.56. The lowest BCUT2D eigenvalue weighted by Gasteiger charge is -2.20. The van der Waals surface area contributed by atoms with Crippen molar-refractivity contribution in [2.75, 3.05) is 7.05 Å². The van der Waals surface area contributed by atoms with Crippen LogP contribution in [0.5, 0.6) is 0 Å². The molecule has 19 heavy (non-hydrogen) atoms. The van der Waals surface area contributed by atoms with Crippen LogP contribution in [-0.4, -0.2) is 7.05 Å². The molecule has 1 heterocycles. The highest BCUT2D eigenvalue weighted by Gasteiger charge is 2.19. The molecule has 2 aromatic rings. The Morgan fingerprint density at radius 3 is 2.47 bits per heavy atom. The van der Waals surface area contributed by atoms with Gasteiger partial charge in [0.05, 0.1) is 12.3 Å². The van der Waals surface area contributed by atoms with E-state index in [4.69, 9.17) is 4.42 Å². The van der Waals surface area contributed by atoms with Gasteiger partial charge in [-0.15, -0.1) is 0 Å². The Hall–Kier alpha value is -1.06. The fourth-order valence-corrected chi connectivity index (χ4v) is 2.91. The van der Waals surface area contributed by atoms with E-state index >= 15 is 0 Å². The molecule has 1 aromatic heterocycles. The standard InChI is InChI=1S/C16H20BrNO/c1-4-11-6-7-12(5-2)14(10-11)15(18-3)13-8-9-19-16(13)17/h6-10,15,18H,4-5H2,1-3H3. The molecule has 3 heteroatoms. The van der Waals surface area contributed by atoms with Crippen molar-refractivity contribution < 1.29 is 4.42 Å². The predicted molar refractivity (Wildman–Crippen MR) is 82.5 cm³/mol. The van der Waals surface area contributed by atoms with E-state index in [0.29, 0.717) is 0 Å². The van der Waals surface area contributed by atoms with Crippen molar-refractivity contribution in [1.29, 1.82) is 0 Å². The lowest BCUT2D eigenvalue weighted by Crippen LogP contribution is -2.19. The number of aryl methyl sites for hydroxylation is 2. The van der Waals surface area contributed by atoms with Crippen LogP contribution in [0.1, 0.15) is 42.1 Å². The molecule has 0 spiro atoms. The maximum Gasteiger partial charge on any atom is 0.174 e. The van der Waals surface area contributed by atoms with E-state index in [1.807, 2.05) is 13.1 Å². The quantitative estimate of drug-likeness (QED) is 0.878. The summed E-state index contributed by atoms with van der Waals surface area (Å²) in [6.07, 6.45) is 3.81. The first-order valence-electron chi connectivity index (χ1n) is 6.73. The summed E-state index contributed by atoms with van der Waals surface area (Å²) in [7, 11) is 1.99. The highest BCUT2D eigenvalue weighted by Crippen LogP contribution is 2.32. The Kier molecular flexibility index (Phi) is 4.83. The molecule has 0 aliphatic carbocycles. The van der Waals surface area contributed by atoms with Crippen molar-refractivity contribution >= 4 is 15.9 Å². The van der Waals surface area contributed by atoms with Crippen LogP contribution in [0.25, 0.3) is 0 Å². The molecule has 1 atom stereocenters. The Morgan fingerprint density at radius 2 is 1.95 bits per heavy atom. The van der Waals surface area contributed by atoms with Gasteiger partial charge in [0.2, 0.25) is 0 Å². The molecular formula is C16H20BrNO. The highest BCUT2D eigenvalue weighted by atomic mass is 79.9. The number of hydrogen-bond acceptors (Lipinski definition) is 2. The summed E-state index contributed by atoms with van der Waals surface area (Å²) in [4.78, 5) is 0. The molecule has 0 amide bonds. The van der Waals surface area contributed by atoms with Gasteiger partial charge in [-0.2, -0.15) is 0 Å². The van der Waals surface area contributed by atoms with Crippen LogP contribution in [0.15, 0.2) is 39.6 Å². The van der Waals surface area contributed by atoms with Crippen molar-refractivity contribution in [2.45, 2.75) is 32.7 Å². The van der Waals surface area contributed by atoms with E-state index in [2.05, 4.69) is 53.3 Å². The average Bonchev–Trinajstić information content (AvgIpc) is 2.86. The molecular weight excluding hydrogens is 302 g/mol. The van der Waals surface area contributed by atoms with E-state index in [9.17, 15) is 0 Å². The molecule has 0 bridgehead atoms. The molecule has 0 saturated heterocycles. The largest absolute Gasteiger partial charge is 0.457 e. The minimum atomic E-state index is 0.162. The number of hydrogen-bond donors (Lipinski definition) is 1. The molecule has 1 aromatic carbocycles. The summed E-state index contributed by atoms with van der Waals surface area (Å²) in [5.74, 6) is 0. The lowest BCUT2D eigenvalue weighted by molar-refractivity contribution is 0.530. The molecule has 0 saturated carbocycles. The normalized spacial score (nSPS) is 12.6. The molecule has 0 fully saturated rings. The van der Waals surface area contributed by atoms with Gasteiger partial charge in [0.25, 0.3) is 0 Å². The minimum Gasteiger partial charge on any atom is -0.457 e. The Bertz CT molecular complexity index is 547. The van der Waals surface area contributed by atoms with Crippen LogP contribution in [0, 0.1) is 0 Å². The average molecular weight is 322 g/mol. The van der Waals surface area contributed by atoms with E-state index in [1.165, 1.54) is 16.7 Å². The molecule has 102 valence electrons. The van der Waals surface area contributed by atoms with Gasteiger partial charge in [-0.25, -0.2) is 0 Å². The first-order valence-corrected chi connectivity index (χ1v) is 7.52. The van der Waals surface area contributed by atoms with Crippen LogP contribution in [0.3, 0.4) is 0 Å². The van der Waals surface area contributed by atoms with Gasteiger partial charge < -0.3 is 9.73 Å². The van der Waals surface area contributed by atoms with Gasteiger partial charge >= 0.3 is 0 Å². The van der Waals surface area contributed by atoms with Gasteiger partial charge in [-0.05, 0) is 58.6 Å². The summed E-state index contributed by atoms with van der Waals surface area (Å²) in [6.45, 7) is 4.38. The zero-order valence-corrected chi connectivity index (χ0v) is 13.3. The van der Waals surface area contributed by atoms with Crippen molar-refractivity contribution in [2.24, 2.45) is 0 Å². The predicted octanol–water partition coefficient (Wildman–Crippen LogP) is 4.48. The smallest absolute Gasteiger partial charge is 0.174 e. The summed E-state index contributed by atoms with van der Waals surface area (Å²) in [5.41, 5.74) is 5.23. The van der Waals surface area contributed by atoms with Crippen molar-refractivity contribution in [1.82, 2.24) is 5.32 Å². The highest BCUT2D eigenvalue weighted by molar-refractivity contribution is 9.10. The molecule has 0 aliphatic heterocycles. The Morgan fingerprint density at radius 1 is 1.16 bits per heavy atom. The van der Waals surface area contributed by atoms with Gasteiger partial charge in [-0.1, -0.05) is 32.0 Å². The van der Waals surface area contributed by atoms with Gasteiger partial charge in [-0.3, -0.25) is 0 Å². The van der Waals surface area contributed by atoms with Crippen LogP contribution in [0.4, 0.5) is 0 Å². The van der Waals surface area contributed by atoms with Crippen LogP contribution in [0.2, 0.25) is 0 Å². The SMILES string of the molecule is CCc1ccc(CC)c(C(NC)c2ccoc2Br)c1. The minimum absolute atomic E-state index is 0.162. The molecule has 0 radical (unpaired) electrons. The van der Waals surface area contributed by atoms with Crippen LogP contribution >= 0.6 is 15.9 Å². The maximum atomic E-state index is 5.38. The first kappa shape index (κ1) is 14.4. The number of rotatable bonds is 5. The number of nitrogens with one attached hydrogen (secondary N) is 1. The number of furan rings is 1. The molecule has 2 rings (SSSR count). The second kappa shape index (κ2) is 6.40. The third kappa shape index (κ3) is 2.93. The van der Waals surface area contributed by atoms with Crippen molar-refractivity contribution in [3.8, 4) is 0 Å². The van der Waals surface area contributed by atoms with Gasteiger partial charge in [0.15, 0.2) is 4.67 Å². The van der Waals surface area contributed by atoms with Crippen molar-refractivity contribution in [3.05, 3.63) is 57.5 Å². The molecule has 2 nitrogen and oxygen atoms in total. The van der Waals surface area contributed by atoms with Crippen LogP contribution in [-0.2, 0) is 12.8 Å².